The van der Waals surface area contributed by atoms with Gasteiger partial charge in [-0.05, 0) is 42.8 Å². The molecule has 0 amide bonds. The van der Waals surface area contributed by atoms with Gasteiger partial charge >= 0.3 is 0 Å². The summed E-state index contributed by atoms with van der Waals surface area (Å²) in [5.74, 6) is -1.55. The van der Waals surface area contributed by atoms with E-state index < -0.39 is 29.2 Å². The van der Waals surface area contributed by atoms with Crippen LogP contribution in [0.5, 0.6) is 5.75 Å². The molecule has 1 fully saturated rings. The molecule has 4 aromatic rings. The molecule has 3 atom stereocenters. The van der Waals surface area contributed by atoms with E-state index in [1.807, 2.05) is 36.1 Å². The van der Waals surface area contributed by atoms with Gasteiger partial charge in [-0.15, -0.1) is 0 Å². The second-order valence-electron chi connectivity index (χ2n) is 10.9. The largest absolute Gasteiger partial charge is 0.497 e. The molecule has 0 unspecified atom stereocenters. The number of fused-ring (bicyclic) bond motifs is 5. The molecule has 4 aromatic carbocycles. The highest BCUT2D eigenvalue weighted by molar-refractivity contribution is 6.32. The zero-order valence-corrected chi connectivity index (χ0v) is 22.5. The van der Waals surface area contributed by atoms with E-state index in [4.69, 9.17) is 4.74 Å². The Morgan fingerprint density at radius 1 is 0.878 bits per heavy atom. The zero-order chi connectivity index (χ0) is 28.5. The van der Waals surface area contributed by atoms with Gasteiger partial charge in [-0.25, -0.2) is 4.39 Å². The second-order valence-corrected chi connectivity index (χ2v) is 10.9. The average Bonchev–Trinajstić information content (AvgIpc) is 3.43. The summed E-state index contributed by atoms with van der Waals surface area (Å²) in [6.07, 6.45) is 3.55. The number of hydrogen-bond acceptors (Lipinski definition) is 5. The molecule has 41 heavy (non-hydrogen) atoms. The normalized spacial score (nSPS) is 21.5. The number of ketones is 3. The molecule has 0 bridgehead atoms. The molecular formula is C35H26FNO4. The molecule has 6 heteroatoms. The van der Waals surface area contributed by atoms with Gasteiger partial charge in [0.2, 0.25) is 0 Å². The van der Waals surface area contributed by atoms with Gasteiger partial charge in [-0.3, -0.25) is 14.4 Å². The van der Waals surface area contributed by atoms with Gasteiger partial charge in [0.05, 0.1) is 13.2 Å². The van der Waals surface area contributed by atoms with Crippen molar-refractivity contribution in [1.29, 1.82) is 0 Å². The van der Waals surface area contributed by atoms with Crippen LogP contribution in [-0.2, 0) is 0 Å². The van der Waals surface area contributed by atoms with Gasteiger partial charge < -0.3 is 9.64 Å². The van der Waals surface area contributed by atoms with Crippen molar-refractivity contribution in [3.63, 3.8) is 0 Å². The average molecular weight is 544 g/mol. The van der Waals surface area contributed by atoms with E-state index >= 15 is 0 Å². The third-order valence-electron chi connectivity index (χ3n) is 8.82. The van der Waals surface area contributed by atoms with Crippen molar-refractivity contribution in [2.75, 3.05) is 12.0 Å². The van der Waals surface area contributed by atoms with Crippen LogP contribution in [0.1, 0.15) is 53.7 Å². The molecule has 2 heterocycles. The van der Waals surface area contributed by atoms with E-state index in [2.05, 4.69) is 0 Å². The monoisotopic (exact) mass is 543 g/mol. The lowest BCUT2D eigenvalue weighted by atomic mass is 9.64. The SMILES string of the molecule is COc1cccc([C@H]2[C@H](C(=O)c3ccc(C)cc3)N3c4ccc(F)cc4C=C[C@@H]3C23C(=O)c2ccccc2C3=O)c1. The minimum absolute atomic E-state index is 0.221. The topological polar surface area (TPSA) is 63.7 Å². The van der Waals surface area contributed by atoms with E-state index in [1.54, 1.807) is 73.9 Å². The lowest BCUT2D eigenvalue weighted by Crippen LogP contribution is -2.48. The van der Waals surface area contributed by atoms with Crippen molar-refractivity contribution in [3.8, 4) is 5.75 Å². The highest BCUT2D eigenvalue weighted by atomic mass is 19.1. The highest BCUT2D eigenvalue weighted by Gasteiger charge is 2.71. The number of halogens is 1. The van der Waals surface area contributed by atoms with Gasteiger partial charge in [0, 0.05) is 33.9 Å². The number of ether oxygens (including phenoxy) is 1. The Balaban J connectivity index is 1.55. The number of Topliss-reactive ketones (excluding diaryl/α,β-unsaturated/α-hetero) is 3. The lowest BCUT2D eigenvalue weighted by Gasteiger charge is -2.37. The Morgan fingerprint density at radius 3 is 2.27 bits per heavy atom. The van der Waals surface area contributed by atoms with Gasteiger partial charge in [0.25, 0.3) is 0 Å². The summed E-state index contributed by atoms with van der Waals surface area (Å²) >= 11 is 0. The van der Waals surface area contributed by atoms with E-state index in [0.717, 1.165) is 5.56 Å². The van der Waals surface area contributed by atoms with Crippen LogP contribution < -0.4 is 9.64 Å². The fourth-order valence-electron chi connectivity index (χ4n) is 7.04. The summed E-state index contributed by atoms with van der Waals surface area (Å²) < 4.78 is 19.9. The summed E-state index contributed by atoms with van der Waals surface area (Å²) in [4.78, 5) is 45.8. The zero-order valence-electron chi connectivity index (χ0n) is 22.5. The van der Waals surface area contributed by atoms with Crippen LogP contribution >= 0.6 is 0 Å². The Morgan fingerprint density at radius 2 is 1.59 bits per heavy atom. The number of anilines is 1. The first-order chi connectivity index (χ1) is 19.9. The van der Waals surface area contributed by atoms with Crippen LogP contribution in [0, 0.1) is 18.2 Å². The number of benzene rings is 4. The van der Waals surface area contributed by atoms with E-state index in [0.29, 0.717) is 39.3 Å². The number of nitrogens with zero attached hydrogens (tertiary/aromatic N) is 1. The fraction of sp³-hybridized carbons (Fsp3) is 0.171. The number of hydrogen-bond donors (Lipinski definition) is 0. The van der Waals surface area contributed by atoms with E-state index in [1.165, 1.54) is 12.1 Å². The predicted octanol–water partition coefficient (Wildman–Crippen LogP) is 6.46. The van der Waals surface area contributed by atoms with Crippen LogP contribution in [0.15, 0.2) is 97.1 Å². The predicted molar refractivity (Wildman–Crippen MR) is 154 cm³/mol. The first-order valence-electron chi connectivity index (χ1n) is 13.6. The Bertz CT molecular complexity index is 1760. The van der Waals surface area contributed by atoms with Crippen LogP contribution in [0.4, 0.5) is 10.1 Å². The maximum absolute atomic E-state index is 14.7. The van der Waals surface area contributed by atoms with Gasteiger partial charge in [-0.2, -0.15) is 0 Å². The van der Waals surface area contributed by atoms with Crippen molar-refractivity contribution in [3.05, 3.63) is 136 Å². The van der Waals surface area contributed by atoms with Gasteiger partial charge in [0.15, 0.2) is 17.3 Å². The number of methoxy groups -OCH3 is 1. The lowest BCUT2D eigenvalue weighted by molar-refractivity contribution is 0.0665. The molecule has 1 saturated heterocycles. The van der Waals surface area contributed by atoms with E-state index in [9.17, 15) is 18.8 Å². The Hall–Kier alpha value is -4.84. The summed E-state index contributed by atoms with van der Waals surface area (Å²) in [6.45, 7) is 1.95. The third kappa shape index (κ3) is 3.43. The van der Waals surface area contributed by atoms with Crippen LogP contribution in [-0.4, -0.2) is 36.5 Å². The molecule has 2 aliphatic heterocycles. The quantitative estimate of drug-likeness (QED) is 0.218. The molecule has 0 aromatic heterocycles. The standard InChI is InChI=1S/C35H26FNO4/c1-20-10-12-21(13-11-20)32(38)31-30(23-6-5-7-25(19-23)41-2)35(33(39)26-8-3-4-9-27(26)34(35)40)29-17-14-22-18-24(36)15-16-28(22)37(29)31/h3-19,29-31H,1-2H3/t29-,30+,31-/m1/s1. The number of aryl methyl sites for hydroxylation is 1. The second kappa shape index (κ2) is 9.10. The van der Waals surface area contributed by atoms with Crippen LogP contribution in [0.3, 0.4) is 0 Å². The molecule has 1 spiro atoms. The summed E-state index contributed by atoms with van der Waals surface area (Å²) in [5, 5.41) is 0. The van der Waals surface area contributed by atoms with Crippen molar-refractivity contribution in [2.24, 2.45) is 5.41 Å². The number of carbonyl (C=O) groups is 3. The minimum Gasteiger partial charge on any atom is -0.497 e. The van der Waals surface area contributed by atoms with Crippen LogP contribution in [0.2, 0.25) is 0 Å². The summed E-state index contributed by atoms with van der Waals surface area (Å²) in [6, 6.07) is 24.1. The molecule has 202 valence electrons. The molecule has 0 radical (unpaired) electrons. The summed E-state index contributed by atoms with van der Waals surface area (Å²) in [5.41, 5.74) is 2.40. The van der Waals surface area contributed by atoms with Gasteiger partial charge in [0.1, 0.15) is 23.0 Å². The molecule has 3 aliphatic rings. The van der Waals surface area contributed by atoms with E-state index in [-0.39, 0.29) is 17.3 Å². The van der Waals surface area contributed by atoms with Gasteiger partial charge in [-0.1, -0.05) is 78.4 Å². The highest BCUT2D eigenvalue weighted by Crippen LogP contribution is 2.61. The maximum Gasteiger partial charge on any atom is 0.185 e. The fourth-order valence-corrected chi connectivity index (χ4v) is 7.04. The van der Waals surface area contributed by atoms with Crippen molar-refractivity contribution >= 4 is 29.1 Å². The van der Waals surface area contributed by atoms with Crippen LogP contribution in [0.25, 0.3) is 6.08 Å². The van der Waals surface area contributed by atoms with Crippen molar-refractivity contribution in [1.82, 2.24) is 0 Å². The minimum atomic E-state index is -1.62. The Labute approximate surface area is 236 Å². The number of rotatable bonds is 4. The molecule has 5 nitrogen and oxygen atoms in total. The van der Waals surface area contributed by atoms with Crippen molar-refractivity contribution < 1.29 is 23.5 Å². The first kappa shape index (κ1) is 25.1. The maximum atomic E-state index is 14.7. The molecule has 0 saturated carbocycles. The molecular weight excluding hydrogens is 517 g/mol. The van der Waals surface area contributed by atoms with Crippen molar-refractivity contribution in [2.45, 2.75) is 24.9 Å². The molecule has 0 N–H and O–H groups in total. The molecule has 7 rings (SSSR count). The smallest absolute Gasteiger partial charge is 0.185 e. The third-order valence-corrected chi connectivity index (χ3v) is 8.82. The first-order valence-corrected chi connectivity index (χ1v) is 13.6. The number of carbonyl (C=O) groups excluding carboxylic acids is 3. The molecule has 1 aliphatic carbocycles. The Kier molecular flexibility index (Phi) is 5.58. The summed E-state index contributed by atoms with van der Waals surface area (Å²) in [7, 11) is 1.55.